The number of aryl methyl sites for hydroxylation is 1. The van der Waals surface area contributed by atoms with Gasteiger partial charge in [-0.1, -0.05) is 23.2 Å². The van der Waals surface area contributed by atoms with Crippen molar-refractivity contribution in [3.8, 4) is 0 Å². The molecule has 0 aromatic heterocycles. The fourth-order valence-corrected chi connectivity index (χ4v) is 3.92. The minimum Gasteiger partial charge on any atom is -0.479 e. The molecule has 21 heavy (non-hydrogen) atoms. The zero-order chi connectivity index (χ0) is 16.4. The van der Waals surface area contributed by atoms with E-state index in [-0.39, 0.29) is 27.9 Å². The molecule has 9 heteroatoms. The Hall–Kier alpha value is -0.860. The van der Waals surface area contributed by atoms with E-state index >= 15 is 0 Å². The van der Waals surface area contributed by atoms with Crippen LogP contribution < -0.4 is 4.72 Å². The number of hydrogen-bond acceptors (Lipinski definition) is 4. The number of carboxylic acid groups (broad SMARTS) is 1. The first-order valence-electron chi connectivity index (χ1n) is 5.93. The minimum atomic E-state index is -3.96. The van der Waals surface area contributed by atoms with E-state index in [2.05, 4.69) is 4.72 Å². The van der Waals surface area contributed by atoms with Crippen molar-refractivity contribution in [3.63, 3.8) is 0 Å². The molecule has 6 nitrogen and oxygen atoms in total. The summed E-state index contributed by atoms with van der Waals surface area (Å²) in [5, 5.41) is 18.0. The van der Waals surface area contributed by atoms with Crippen LogP contribution in [0.2, 0.25) is 10.0 Å². The van der Waals surface area contributed by atoms with Crippen LogP contribution in [0.3, 0.4) is 0 Å². The number of aliphatic carboxylic acids is 1. The average Bonchev–Trinajstić information content (AvgIpc) is 2.35. The van der Waals surface area contributed by atoms with Crippen LogP contribution in [0.5, 0.6) is 0 Å². The third-order valence-electron chi connectivity index (χ3n) is 2.85. The van der Waals surface area contributed by atoms with Crippen LogP contribution in [0.25, 0.3) is 0 Å². The number of halogens is 2. The summed E-state index contributed by atoms with van der Waals surface area (Å²) in [6.45, 7) is 2.91. The number of rotatable bonds is 6. The number of benzene rings is 1. The number of nitrogens with one attached hydrogen (secondary N) is 1. The molecule has 1 aromatic rings. The van der Waals surface area contributed by atoms with Gasteiger partial charge >= 0.3 is 5.97 Å². The Labute approximate surface area is 132 Å². The van der Waals surface area contributed by atoms with E-state index in [9.17, 15) is 13.2 Å². The monoisotopic (exact) mass is 355 g/mol. The second kappa shape index (κ2) is 6.93. The number of hydrogen-bond donors (Lipinski definition) is 3. The summed E-state index contributed by atoms with van der Waals surface area (Å²) in [4.78, 5) is 10.3. The summed E-state index contributed by atoms with van der Waals surface area (Å²) in [5.74, 6) is -1.41. The number of aliphatic hydroxyl groups is 1. The van der Waals surface area contributed by atoms with Crippen molar-refractivity contribution in [1.29, 1.82) is 0 Å². The highest BCUT2D eigenvalue weighted by molar-refractivity contribution is 7.89. The summed E-state index contributed by atoms with van der Waals surface area (Å²) in [7, 11) is -3.96. The van der Waals surface area contributed by atoms with E-state index in [1.165, 1.54) is 6.92 Å². The summed E-state index contributed by atoms with van der Waals surface area (Å²) in [6, 6.07) is 1.56. The lowest BCUT2D eigenvalue weighted by molar-refractivity contribution is -0.146. The second-order valence-electron chi connectivity index (χ2n) is 4.48. The molecule has 3 N–H and O–H groups in total. The zero-order valence-electron chi connectivity index (χ0n) is 11.4. The van der Waals surface area contributed by atoms with Gasteiger partial charge in [-0.25, -0.2) is 17.9 Å². The molecule has 0 unspecified atom stereocenters. The molecule has 0 bridgehead atoms. The predicted octanol–water partition coefficient (Wildman–Crippen LogP) is 1.72. The highest BCUT2D eigenvalue weighted by Gasteiger charge is 2.24. The van der Waals surface area contributed by atoms with Gasteiger partial charge in [0.15, 0.2) is 6.10 Å². The Kier molecular flexibility index (Phi) is 6.01. The molecule has 0 saturated heterocycles. The second-order valence-corrected chi connectivity index (χ2v) is 6.97. The summed E-state index contributed by atoms with van der Waals surface area (Å²) < 4.78 is 26.7. The smallest absolute Gasteiger partial charge is 0.332 e. The SMILES string of the molecule is Cc1cc(Cl)c(C)c(S(=O)(=O)NCC[C@H](O)C(=O)O)c1Cl. The molecule has 1 atom stereocenters. The predicted molar refractivity (Wildman–Crippen MR) is 79.4 cm³/mol. The number of aliphatic hydroxyl groups excluding tert-OH is 1. The molecule has 0 aliphatic carbocycles. The number of sulfonamides is 1. The maximum Gasteiger partial charge on any atom is 0.332 e. The summed E-state index contributed by atoms with van der Waals surface area (Å²) >= 11 is 12.0. The lowest BCUT2D eigenvalue weighted by Gasteiger charge is -2.14. The van der Waals surface area contributed by atoms with E-state index in [1.807, 2.05) is 0 Å². The molecule has 0 aliphatic rings. The van der Waals surface area contributed by atoms with Gasteiger partial charge in [0.25, 0.3) is 0 Å². The average molecular weight is 356 g/mol. The zero-order valence-corrected chi connectivity index (χ0v) is 13.7. The molecule has 0 spiro atoms. The molecule has 1 rings (SSSR count). The van der Waals surface area contributed by atoms with Gasteiger partial charge in [-0.3, -0.25) is 0 Å². The number of carbonyl (C=O) groups is 1. The largest absolute Gasteiger partial charge is 0.479 e. The van der Waals surface area contributed by atoms with Crippen LogP contribution in [-0.4, -0.2) is 37.2 Å². The summed E-state index contributed by atoms with van der Waals surface area (Å²) in [6.07, 6.45) is -1.89. The van der Waals surface area contributed by atoms with Crippen molar-refractivity contribution in [2.45, 2.75) is 31.3 Å². The van der Waals surface area contributed by atoms with E-state index in [4.69, 9.17) is 33.4 Å². The molecule has 0 radical (unpaired) electrons. The normalized spacial score (nSPS) is 13.2. The van der Waals surface area contributed by atoms with E-state index in [1.54, 1.807) is 13.0 Å². The third-order valence-corrected chi connectivity index (χ3v) is 5.47. The minimum absolute atomic E-state index is 0.0585. The molecule has 0 heterocycles. The van der Waals surface area contributed by atoms with Crippen LogP contribution in [0.4, 0.5) is 0 Å². The van der Waals surface area contributed by atoms with Gasteiger partial charge in [0.2, 0.25) is 10.0 Å². The molecule has 0 amide bonds. The third kappa shape index (κ3) is 4.31. The lowest BCUT2D eigenvalue weighted by atomic mass is 10.2. The van der Waals surface area contributed by atoms with Crippen LogP contribution >= 0.6 is 23.2 Å². The maximum atomic E-state index is 12.2. The van der Waals surface area contributed by atoms with Crippen molar-refractivity contribution < 1.29 is 23.4 Å². The number of carboxylic acids is 1. The molecular formula is C12H15Cl2NO5S. The Bertz CT molecular complexity index is 634. The first-order chi connectivity index (χ1) is 9.58. The van der Waals surface area contributed by atoms with Gasteiger partial charge in [-0.15, -0.1) is 0 Å². The Morgan fingerprint density at radius 3 is 2.48 bits per heavy atom. The first kappa shape index (κ1) is 18.2. The van der Waals surface area contributed by atoms with Gasteiger partial charge in [-0.05, 0) is 37.5 Å². The fraction of sp³-hybridized carbons (Fsp3) is 0.417. The molecule has 1 aromatic carbocycles. The molecular weight excluding hydrogens is 341 g/mol. The Morgan fingerprint density at radius 1 is 1.38 bits per heavy atom. The van der Waals surface area contributed by atoms with Crippen molar-refractivity contribution in [2.24, 2.45) is 0 Å². The maximum absolute atomic E-state index is 12.2. The lowest BCUT2D eigenvalue weighted by Crippen LogP contribution is -2.30. The van der Waals surface area contributed by atoms with Crippen molar-refractivity contribution >= 4 is 39.2 Å². The molecule has 0 aliphatic heterocycles. The Morgan fingerprint density at radius 2 is 1.95 bits per heavy atom. The van der Waals surface area contributed by atoms with Crippen LogP contribution in [0.1, 0.15) is 17.5 Å². The van der Waals surface area contributed by atoms with Crippen molar-refractivity contribution in [2.75, 3.05) is 6.54 Å². The standard InChI is InChI=1S/C12H15Cl2NO5S/c1-6-5-8(13)7(2)11(10(6)14)21(19,20)15-4-3-9(16)12(17)18/h5,9,15-16H,3-4H2,1-2H3,(H,17,18)/t9-/m0/s1. The highest BCUT2D eigenvalue weighted by atomic mass is 35.5. The molecule has 0 fully saturated rings. The fourth-order valence-electron chi connectivity index (χ4n) is 1.66. The van der Waals surface area contributed by atoms with Crippen molar-refractivity contribution in [3.05, 3.63) is 27.2 Å². The summed E-state index contributed by atoms with van der Waals surface area (Å²) in [5.41, 5.74) is 0.816. The Balaban J connectivity index is 3.02. The molecule has 118 valence electrons. The molecule has 0 saturated carbocycles. The van der Waals surface area contributed by atoms with E-state index in [0.29, 0.717) is 11.1 Å². The van der Waals surface area contributed by atoms with Gasteiger partial charge in [-0.2, -0.15) is 0 Å². The van der Waals surface area contributed by atoms with Crippen molar-refractivity contribution in [1.82, 2.24) is 4.72 Å². The van der Waals surface area contributed by atoms with Crippen LogP contribution in [0.15, 0.2) is 11.0 Å². The van der Waals surface area contributed by atoms with Gasteiger partial charge in [0, 0.05) is 11.6 Å². The quantitative estimate of drug-likeness (QED) is 0.720. The van der Waals surface area contributed by atoms with Gasteiger partial charge in [0.05, 0.1) is 5.02 Å². The van der Waals surface area contributed by atoms with E-state index < -0.39 is 22.1 Å². The van der Waals surface area contributed by atoms with Gasteiger partial charge in [0.1, 0.15) is 4.90 Å². The van der Waals surface area contributed by atoms with Gasteiger partial charge < -0.3 is 10.2 Å². The van der Waals surface area contributed by atoms with Crippen LogP contribution in [-0.2, 0) is 14.8 Å². The van der Waals surface area contributed by atoms with E-state index in [0.717, 1.165) is 0 Å². The van der Waals surface area contributed by atoms with Crippen LogP contribution in [0, 0.1) is 13.8 Å². The first-order valence-corrected chi connectivity index (χ1v) is 8.17. The highest BCUT2D eigenvalue weighted by Crippen LogP contribution is 2.33. The topological polar surface area (TPSA) is 104 Å².